The predicted octanol–water partition coefficient (Wildman–Crippen LogP) is 2.29. The first-order valence-electron chi connectivity index (χ1n) is 10.3. The predicted molar refractivity (Wildman–Crippen MR) is 111 cm³/mol. The van der Waals surface area contributed by atoms with Crippen LogP contribution < -0.4 is 9.47 Å². The van der Waals surface area contributed by atoms with Gasteiger partial charge in [0.05, 0.1) is 5.52 Å². The molecule has 7 nitrogen and oxygen atoms in total. The molecule has 1 atom stereocenters. The van der Waals surface area contributed by atoms with Gasteiger partial charge in [-0.05, 0) is 41.8 Å². The lowest BCUT2D eigenvalue weighted by molar-refractivity contribution is -0.146. The van der Waals surface area contributed by atoms with Gasteiger partial charge < -0.3 is 23.8 Å². The Morgan fingerprint density at radius 2 is 1.71 bits per heavy atom. The summed E-state index contributed by atoms with van der Waals surface area (Å²) in [6.45, 7) is 2.08. The third-order valence-corrected chi connectivity index (χ3v) is 5.77. The summed E-state index contributed by atoms with van der Waals surface area (Å²) in [4.78, 5) is 29.1. The van der Waals surface area contributed by atoms with Crippen molar-refractivity contribution in [2.45, 2.75) is 12.6 Å². The van der Waals surface area contributed by atoms with E-state index in [0.29, 0.717) is 43.2 Å². The Balaban J connectivity index is 1.18. The Morgan fingerprint density at radius 3 is 2.52 bits per heavy atom. The molecule has 3 aromatic rings. The molecule has 2 amide bonds. The van der Waals surface area contributed by atoms with Crippen LogP contribution in [0.3, 0.4) is 0 Å². The number of benzene rings is 2. The number of piperazine rings is 1. The van der Waals surface area contributed by atoms with Gasteiger partial charge in [-0.2, -0.15) is 0 Å². The number of fused-ring (bicyclic) bond motifs is 2. The smallest absolute Gasteiger partial charge is 0.267 e. The molecule has 1 saturated heterocycles. The third-order valence-electron chi connectivity index (χ3n) is 5.77. The van der Waals surface area contributed by atoms with Gasteiger partial charge in [-0.25, -0.2) is 4.39 Å². The second kappa shape index (κ2) is 7.94. The summed E-state index contributed by atoms with van der Waals surface area (Å²) in [5, 5.41) is 0.890. The number of aromatic nitrogens is 1. The van der Waals surface area contributed by atoms with Crippen LogP contribution in [0.25, 0.3) is 10.9 Å². The van der Waals surface area contributed by atoms with Crippen LogP contribution in [0.1, 0.15) is 0 Å². The van der Waals surface area contributed by atoms with Crippen LogP contribution in [-0.4, -0.2) is 65.1 Å². The maximum Gasteiger partial charge on any atom is 0.267 e. The van der Waals surface area contributed by atoms with Crippen LogP contribution in [0.2, 0.25) is 0 Å². The molecule has 3 heterocycles. The van der Waals surface area contributed by atoms with E-state index in [0.717, 1.165) is 5.39 Å². The molecule has 31 heavy (non-hydrogen) atoms. The molecule has 0 spiro atoms. The highest BCUT2D eigenvalue weighted by atomic mass is 19.1. The van der Waals surface area contributed by atoms with Crippen molar-refractivity contribution in [3.63, 3.8) is 0 Å². The first kappa shape index (κ1) is 19.4. The standard InChI is InChI=1S/C23H22FN3O4/c24-17-6-5-16-7-8-27(18(16)13-17)14-22(28)25-9-11-26(12-10-25)23(29)21-15-30-19-3-1-2-4-20(19)31-21/h1-8,13,21H,9-12,14-15H2/t21-/m0/s1. The molecule has 1 aromatic heterocycles. The van der Waals surface area contributed by atoms with Crippen LogP contribution in [-0.2, 0) is 16.1 Å². The van der Waals surface area contributed by atoms with E-state index in [1.807, 2.05) is 24.3 Å². The first-order valence-corrected chi connectivity index (χ1v) is 10.3. The van der Waals surface area contributed by atoms with E-state index in [1.54, 1.807) is 32.7 Å². The molecule has 0 aliphatic carbocycles. The highest BCUT2D eigenvalue weighted by Crippen LogP contribution is 2.31. The van der Waals surface area contributed by atoms with Crippen molar-refractivity contribution < 1.29 is 23.5 Å². The van der Waals surface area contributed by atoms with E-state index in [2.05, 4.69) is 0 Å². The van der Waals surface area contributed by atoms with Crippen molar-refractivity contribution >= 4 is 22.7 Å². The lowest BCUT2D eigenvalue weighted by Crippen LogP contribution is -2.55. The number of para-hydroxylation sites is 2. The summed E-state index contributed by atoms with van der Waals surface area (Å²) >= 11 is 0. The van der Waals surface area contributed by atoms with E-state index in [-0.39, 0.29) is 30.8 Å². The zero-order valence-corrected chi connectivity index (χ0v) is 16.9. The number of carbonyl (C=O) groups excluding carboxylic acids is 2. The molecule has 160 valence electrons. The normalized spacial score (nSPS) is 18.3. The number of carbonyl (C=O) groups is 2. The molecule has 5 rings (SSSR count). The van der Waals surface area contributed by atoms with Crippen molar-refractivity contribution in [1.82, 2.24) is 14.4 Å². The van der Waals surface area contributed by atoms with Crippen molar-refractivity contribution in [3.05, 3.63) is 60.5 Å². The second-order valence-electron chi connectivity index (χ2n) is 7.72. The number of rotatable bonds is 3. The van der Waals surface area contributed by atoms with Gasteiger partial charge in [-0.3, -0.25) is 9.59 Å². The molecular weight excluding hydrogens is 401 g/mol. The minimum Gasteiger partial charge on any atom is -0.485 e. The van der Waals surface area contributed by atoms with Gasteiger partial charge in [0.2, 0.25) is 12.0 Å². The van der Waals surface area contributed by atoms with Crippen molar-refractivity contribution in [3.8, 4) is 11.5 Å². The number of ether oxygens (including phenoxy) is 2. The summed E-state index contributed by atoms with van der Waals surface area (Å²) in [5.74, 6) is 0.688. The molecule has 2 aromatic carbocycles. The average Bonchev–Trinajstić information content (AvgIpc) is 3.20. The molecule has 2 aliphatic rings. The van der Waals surface area contributed by atoms with E-state index in [9.17, 15) is 14.0 Å². The molecule has 0 radical (unpaired) electrons. The van der Waals surface area contributed by atoms with E-state index < -0.39 is 6.10 Å². The summed E-state index contributed by atoms with van der Waals surface area (Å²) in [6.07, 6.45) is 1.11. The third kappa shape index (κ3) is 3.81. The Kier molecular flexibility index (Phi) is 4.97. The fourth-order valence-electron chi connectivity index (χ4n) is 4.06. The zero-order chi connectivity index (χ0) is 21.4. The molecule has 0 bridgehead atoms. The first-order chi connectivity index (χ1) is 15.1. The monoisotopic (exact) mass is 423 g/mol. The van der Waals surface area contributed by atoms with Crippen molar-refractivity contribution in [2.75, 3.05) is 32.8 Å². The van der Waals surface area contributed by atoms with Crippen LogP contribution in [0.4, 0.5) is 4.39 Å². The molecule has 0 unspecified atom stereocenters. The van der Waals surface area contributed by atoms with Crippen LogP contribution in [0.5, 0.6) is 11.5 Å². The summed E-state index contributed by atoms with van der Waals surface area (Å²) in [7, 11) is 0. The number of nitrogens with zero attached hydrogens (tertiary/aromatic N) is 3. The van der Waals surface area contributed by atoms with Crippen LogP contribution >= 0.6 is 0 Å². The molecular formula is C23H22FN3O4. The van der Waals surface area contributed by atoms with E-state index in [1.165, 1.54) is 12.1 Å². The fraction of sp³-hybridized carbons (Fsp3) is 0.304. The fourth-order valence-corrected chi connectivity index (χ4v) is 4.06. The molecule has 8 heteroatoms. The largest absolute Gasteiger partial charge is 0.485 e. The molecule has 1 fully saturated rings. The van der Waals surface area contributed by atoms with Crippen LogP contribution in [0.15, 0.2) is 54.7 Å². The molecule has 0 saturated carbocycles. The highest BCUT2D eigenvalue weighted by molar-refractivity contribution is 5.84. The Morgan fingerprint density at radius 1 is 0.968 bits per heavy atom. The minimum atomic E-state index is -0.682. The van der Waals surface area contributed by atoms with Gasteiger partial charge in [0.15, 0.2) is 11.5 Å². The maximum atomic E-state index is 13.6. The van der Waals surface area contributed by atoms with Gasteiger partial charge in [0.1, 0.15) is 19.0 Å². The SMILES string of the molecule is O=C(Cn1ccc2ccc(F)cc21)N1CCN(C(=O)[C@@H]2COc3ccccc3O2)CC1. The summed E-state index contributed by atoms with van der Waals surface area (Å²) < 4.78 is 26.8. The van der Waals surface area contributed by atoms with Gasteiger partial charge >= 0.3 is 0 Å². The number of hydrogen-bond acceptors (Lipinski definition) is 4. The lowest BCUT2D eigenvalue weighted by atomic mass is 10.2. The lowest BCUT2D eigenvalue weighted by Gasteiger charge is -2.37. The Labute approximate surface area is 178 Å². The zero-order valence-electron chi connectivity index (χ0n) is 16.9. The van der Waals surface area contributed by atoms with Gasteiger partial charge in [0, 0.05) is 32.4 Å². The molecule has 0 N–H and O–H groups in total. The summed E-state index contributed by atoms with van der Waals surface area (Å²) in [5.41, 5.74) is 0.692. The van der Waals surface area contributed by atoms with Crippen LogP contribution in [0, 0.1) is 5.82 Å². The molecule has 2 aliphatic heterocycles. The van der Waals surface area contributed by atoms with Crippen molar-refractivity contribution in [1.29, 1.82) is 0 Å². The minimum absolute atomic E-state index is 0.0555. The second-order valence-corrected chi connectivity index (χ2v) is 7.72. The maximum absolute atomic E-state index is 13.6. The number of amides is 2. The van der Waals surface area contributed by atoms with Gasteiger partial charge in [-0.15, -0.1) is 0 Å². The topological polar surface area (TPSA) is 64.0 Å². The quantitative estimate of drug-likeness (QED) is 0.649. The van der Waals surface area contributed by atoms with Gasteiger partial charge in [0.25, 0.3) is 5.91 Å². The Hall–Kier alpha value is -3.55. The van der Waals surface area contributed by atoms with E-state index >= 15 is 0 Å². The highest BCUT2D eigenvalue weighted by Gasteiger charge is 2.33. The van der Waals surface area contributed by atoms with Crippen molar-refractivity contribution in [2.24, 2.45) is 0 Å². The average molecular weight is 423 g/mol. The van der Waals surface area contributed by atoms with E-state index in [4.69, 9.17) is 9.47 Å². The number of halogens is 1. The van der Waals surface area contributed by atoms with Gasteiger partial charge in [-0.1, -0.05) is 12.1 Å². The summed E-state index contributed by atoms with van der Waals surface area (Å²) in [6, 6.07) is 13.7. The Bertz CT molecular complexity index is 1140. The number of hydrogen-bond donors (Lipinski definition) is 0.